The number of carbonyl (C=O) groups excluding carboxylic acids is 1. The lowest BCUT2D eigenvalue weighted by atomic mass is 10.1. The van der Waals surface area contributed by atoms with Crippen LogP contribution in [0.25, 0.3) is 10.8 Å². The molecule has 1 fully saturated rings. The van der Waals surface area contributed by atoms with Gasteiger partial charge in [-0.2, -0.15) is 0 Å². The number of nitrogens with one attached hydrogen (secondary N) is 1. The Balaban J connectivity index is 1.63. The van der Waals surface area contributed by atoms with Gasteiger partial charge < -0.3 is 20.5 Å². The molecule has 1 amide bonds. The molecule has 1 atom stereocenters. The average Bonchev–Trinajstić information content (AvgIpc) is 3.18. The number of pyridine rings is 2. The predicted molar refractivity (Wildman–Crippen MR) is 98.2 cm³/mol. The topological polar surface area (TPSA) is 99.4 Å². The molecule has 27 heavy (non-hydrogen) atoms. The van der Waals surface area contributed by atoms with Gasteiger partial charge in [0.2, 0.25) is 5.88 Å². The number of hydrogen-bond donors (Lipinski definition) is 2. The van der Waals surface area contributed by atoms with Gasteiger partial charge in [-0.3, -0.25) is 4.79 Å². The Morgan fingerprint density at radius 1 is 1.30 bits per heavy atom. The Hall–Kier alpha value is -3.26. The van der Waals surface area contributed by atoms with E-state index >= 15 is 0 Å². The molecule has 3 N–H and O–H groups in total. The van der Waals surface area contributed by atoms with Crippen molar-refractivity contribution in [3.8, 4) is 5.88 Å². The van der Waals surface area contributed by atoms with Crippen LogP contribution in [0.3, 0.4) is 0 Å². The molecule has 0 aliphatic carbocycles. The quantitative estimate of drug-likeness (QED) is 0.735. The van der Waals surface area contributed by atoms with Gasteiger partial charge in [-0.25, -0.2) is 14.4 Å². The molecule has 1 aliphatic rings. The van der Waals surface area contributed by atoms with E-state index in [4.69, 9.17) is 15.2 Å². The molecule has 1 saturated heterocycles. The first-order valence-electron chi connectivity index (χ1n) is 8.46. The van der Waals surface area contributed by atoms with Crippen molar-refractivity contribution < 1.29 is 18.7 Å². The first-order chi connectivity index (χ1) is 13.1. The number of rotatable bonds is 4. The third-order valence-electron chi connectivity index (χ3n) is 4.28. The number of hydrogen-bond acceptors (Lipinski definition) is 6. The van der Waals surface area contributed by atoms with Crippen molar-refractivity contribution in [3.05, 3.63) is 54.2 Å². The number of carbonyl (C=O) groups is 1. The van der Waals surface area contributed by atoms with Crippen molar-refractivity contribution in [2.45, 2.75) is 12.5 Å². The summed E-state index contributed by atoms with van der Waals surface area (Å²) in [4.78, 5) is 20.4. The van der Waals surface area contributed by atoms with Crippen LogP contribution >= 0.6 is 0 Å². The van der Waals surface area contributed by atoms with E-state index in [9.17, 15) is 9.18 Å². The van der Waals surface area contributed by atoms with E-state index in [1.165, 1.54) is 12.3 Å². The van der Waals surface area contributed by atoms with Crippen LogP contribution in [0.5, 0.6) is 5.88 Å². The number of nitrogens with zero attached hydrogens (tertiary/aromatic N) is 2. The smallest absolute Gasteiger partial charge is 0.276 e. The van der Waals surface area contributed by atoms with E-state index in [1.807, 2.05) is 0 Å². The lowest BCUT2D eigenvalue weighted by molar-refractivity contribution is 0.102. The summed E-state index contributed by atoms with van der Waals surface area (Å²) in [5.41, 5.74) is 6.56. The molecule has 8 heteroatoms. The molecule has 0 unspecified atom stereocenters. The highest BCUT2D eigenvalue weighted by Crippen LogP contribution is 2.30. The maximum Gasteiger partial charge on any atom is 0.276 e. The highest BCUT2D eigenvalue weighted by molar-refractivity contribution is 6.07. The predicted octanol–water partition coefficient (Wildman–Crippen LogP) is 2.77. The highest BCUT2D eigenvalue weighted by atomic mass is 19.1. The summed E-state index contributed by atoms with van der Waals surface area (Å²) in [7, 11) is 0. The minimum absolute atomic E-state index is 0.0994. The van der Waals surface area contributed by atoms with E-state index in [1.54, 1.807) is 24.3 Å². The number of benzene rings is 1. The van der Waals surface area contributed by atoms with Crippen LogP contribution in [-0.2, 0) is 4.74 Å². The van der Waals surface area contributed by atoms with E-state index < -0.39 is 11.7 Å². The molecule has 1 aliphatic heterocycles. The van der Waals surface area contributed by atoms with Gasteiger partial charge in [-0.15, -0.1) is 0 Å². The van der Waals surface area contributed by atoms with Crippen LogP contribution in [-0.4, -0.2) is 35.2 Å². The molecule has 138 valence electrons. The number of nitrogens with two attached hydrogens (primary N) is 1. The second-order valence-corrected chi connectivity index (χ2v) is 6.17. The van der Waals surface area contributed by atoms with Crippen molar-refractivity contribution in [3.63, 3.8) is 0 Å². The zero-order valence-corrected chi connectivity index (χ0v) is 14.3. The van der Waals surface area contributed by atoms with E-state index in [0.29, 0.717) is 35.6 Å². The van der Waals surface area contributed by atoms with Crippen LogP contribution < -0.4 is 15.8 Å². The third kappa shape index (κ3) is 3.52. The van der Waals surface area contributed by atoms with Gasteiger partial charge in [0.15, 0.2) is 5.69 Å². The number of fused-ring (bicyclic) bond motifs is 1. The first-order valence-corrected chi connectivity index (χ1v) is 8.46. The van der Waals surface area contributed by atoms with Gasteiger partial charge in [-0.05, 0) is 30.3 Å². The monoisotopic (exact) mass is 368 g/mol. The summed E-state index contributed by atoms with van der Waals surface area (Å²) in [6.07, 6.45) is 3.25. The summed E-state index contributed by atoms with van der Waals surface area (Å²) >= 11 is 0. The Morgan fingerprint density at radius 2 is 2.19 bits per heavy atom. The largest absolute Gasteiger partial charge is 0.471 e. The van der Waals surface area contributed by atoms with Crippen LogP contribution in [0.2, 0.25) is 0 Å². The van der Waals surface area contributed by atoms with Gasteiger partial charge in [0, 0.05) is 29.1 Å². The van der Waals surface area contributed by atoms with Gasteiger partial charge >= 0.3 is 0 Å². The van der Waals surface area contributed by atoms with E-state index in [0.717, 1.165) is 12.6 Å². The van der Waals surface area contributed by atoms with Crippen molar-refractivity contribution in [1.82, 2.24) is 9.97 Å². The molecule has 2 aromatic heterocycles. The average molecular weight is 368 g/mol. The van der Waals surface area contributed by atoms with Crippen LogP contribution in [0.1, 0.15) is 16.9 Å². The molecular weight excluding hydrogens is 351 g/mol. The summed E-state index contributed by atoms with van der Waals surface area (Å²) in [6.45, 7) is 1.12. The van der Waals surface area contributed by atoms with Crippen LogP contribution in [0.15, 0.2) is 42.7 Å². The number of nitrogen functional groups attached to an aromatic ring is 1. The number of amides is 1. The van der Waals surface area contributed by atoms with E-state index in [2.05, 4.69) is 15.3 Å². The standard InChI is InChI=1S/C19H17FN4O3/c20-15-9-23-19(27-12-5-7-26-10-12)13-4-3-11(8-14(13)15)24-18(25)17-16(21)2-1-6-22-17/h1-4,6,8-9,12H,5,7,10,21H2,(H,24,25)/t12-/m0/s1. The molecule has 1 aromatic carbocycles. The fourth-order valence-corrected chi connectivity index (χ4v) is 2.92. The minimum Gasteiger partial charge on any atom is -0.471 e. The number of anilines is 2. The molecule has 0 saturated carbocycles. The summed E-state index contributed by atoms with van der Waals surface area (Å²) in [5.74, 6) is -0.635. The molecule has 4 rings (SSSR count). The number of aromatic nitrogens is 2. The molecule has 0 spiro atoms. The van der Waals surface area contributed by atoms with Crippen molar-refractivity contribution >= 4 is 28.1 Å². The van der Waals surface area contributed by atoms with E-state index in [-0.39, 0.29) is 17.5 Å². The zero-order valence-electron chi connectivity index (χ0n) is 14.3. The Kier molecular flexibility index (Phi) is 4.55. The Bertz CT molecular complexity index is 1010. The molecular formula is C19H17FN4O3. The van der Waals surface area contributed by atoms with Crippen molar-refractivity contribution in [1.29, 1.82) is 0 Å². The number of halogens is 1. The molecule has 3 aromatic rings. The maximum absolute atomic E-state index is 14.3. The Labute approximate surface area is 154 Å². The van der Waals surface area contributed by atoms with Gasteiger partial charge in [0.05, 0.1) is 25.1 Å². The summed E-state index contributed by atoms with van der Waals surface area (Å²) in [6, 6.07) is 8.07. The fourth-order valence-electron chi connectivity index (χ4n) is 2.92. The Morgan fingerprint density at radius 3 is 2.96 bits per heavy atom. The molecule has 7 nitrogen and oxygen atoms in total. The highest BCUT2D eigenvalue weighted by Gasteiger charge is 2.20. The second kappa shape index (κ2) is 7.16. The summed E-state index contributed by atoms with van der Waals surface area (Å²) < 4.78 is 25.4. The maximum atomic E-state index is 14.3. The fraction of sp³-hybridized carbons (Fsp3) is 0.211. The van der Waals surface area contributed by atoms with Gasteiger partial charge in [0.25, 0.3) is 5.91 Å². The van der Waals surface area contributed by atoms with Crippen molar-refractivity contribution in [2.75, 3.05) is 24.3 Å². The van der Waals surface area contributed by atoms with Crippen LogP contribution in [0.4, 0.5) is 15.8 Å². The second-order valence-electron chi connectivity index (χ2n) is 6.17. The molecule has 0 radical (unpaired) electrons. The summed E-state index contributed by atoms with van der Waals surface area (Å²) in [5, 5.41) is 3.50. The third-order valence-corrected chi connectivity index (χ3v) is 4.28. The van der Waals surface area contributed by atoms with Gasteiger partial charge in [-0.1, -0.05) is 0 Å². The first kappa shape index (κ1) is 17.2. The molecule has 3 heterocycles. The van der Waals surface area contributed by atoms with Gasteiger partial charge in [0.1, 0.15) is 11.9 Å². The normalized spacial score (nSPS) is 16.4. The lowest BCUT2D eigenvalue weighted by Crippen LogP contribution is -2.17. The minimum atomic E-state index is -0.506. The zero-order chi connectivity index (χ0) is 18.8. The van der Waals surface area contributed by atoms with Crippen LogP contribution in [0, 0.1) is 5.82 Å². The van der Waals surface area contributed by atoms with Crippen molar-refractivity contribution in [2.24, 2.45) is 0 Å². The SMILES string of the molecule is Nc1cccnc1C(=O)Nc1ccc2c(O[C@H]3CCOC3)ncc(F)c2c1. The lowest BCUT2D eigenvalue weighted by Gasteiger charge is -2.14. The molecule has 0 bridgehead atoms. The number of ether oxygens (including phenoxy) is 2.